The molecule has 2 aromatic heterocycles. The van der Waals surface area contributed by atoms with Gasteiger partial charge in [0, 0.05) is 22.1 Å². The Bertz CT molecular complexity index is 1540. The van der Waals surface area contributed by atoms with E-state index >= 15 is 0 Å². The number of aromatic nitrogens is 4. The molecular formula is C28H28Cl2N4O5. The molecule has 5 rings (SSSR count). The number of benzene rings is 2. The molecule has 1 aliphatic carbocycles. The zero-order valence-corrected chi connectivity index (χ0v) is 23.3. The molecular weight excluding hydrogens is 543 g/mol. The smallest absolute Gasteiger partial charge is 0.303 e. The Morgan fingerprint density at radius 1 is 1.18 bits per heavy atom. The van der Waals surface area contributed by atoms with E-state index in [-0.39, 0.29) is 24.5 Å². The van der Waals surface area contributed by atoms with Crippen LogP contribution in [0, 0.1) is 5.92 Å². The molecule has 0 spiro atoms. The standard InChI is InChI=1S/C28H28Cl2N4O5/c1-16(11-22(35)36)14-38-21-6-4-5-19(23(21)30)25-33-24-26(31-15-32-27(24)39-28(2)9-10-28)34(25)13-17-12-18(29)7-8-20(17)37-3/h4-8,12,15-16H,9-11,13-14H2,1-3H3,(H,35,36)/t16-/m0/s1. The topological polar surface area (TPSA) is 109 Å². The van der Waals surface area contributed by atoms with E-state index in [2.05, 4.69) is 9.97 Å². The molecule has 0 saturated heterocycles. The first-order valence-electron chi connectivity index (χ1n) is 12.5. The second-order valence-electron chi connectivity index (χ2n) is 10.0. The van der Waals surface area contributed by atoms with Gasteiger partial charge in [0.1, 0.15) is 29.3 Å². The predicted octanol–water partition coefficient (Wildman–Crippen LogP) is 6.28. The summed E-state index contributed by atoms with van der Waals surface area (Å²) in [6, 6.07) is 10.8. The number of methoxy groups -OCH3 is 1. The van der Waals surface area contributed by atoms with Crippen LogP contribution in [0.2, 0.25) is 10.0 Å². The maximum Gasteiger partial charge on any atom is 0.303 e. The Kier molecular flexibility index (Phi) is 7.55. The highest BCUT2D eigenvalue weighted by Gasteiger charge is 2.41. The van der Waals surface area contributed by atoms with E-state index in [1.54, 1.807) is 19.2 Å². The molecule has 39 heavy (non-hydrogen) atoms. The van der Waals surface area contributed by atoms with Crippen LogP contribution in [0.3, 0.4) is 0 Å². The van der Waals surface area contributed by atoms with Gasteiger partial charge in [-0.1, -0.05) is 36.2 Å². The molecule has 204 valence electrons. The lowest BCUT2D eigenvalue weighted by atomic mass is 10.1. The molecule has 0 amide bonds. The first kappa shape index (κ1) is 27.0. The number of carboxylic acid groups (broad SMARTS) is 1. The molecule has 2 heterocycles. The van der Waals surface area contributed by atoms with Crippen LogP contribution in [0.1, 0.15) is 38.7 Å². The fourth-order valence-electron chi connectivity index (χ4n) is 4.28. The second kappa shape index (κ2) is 10.9. The normalized spacial score (nSPS) is 14.7. The average molecular weight is 571 g/mol. The molecule has 1 N–H and O–H groups in total. The molecule has 1 aliphatic rings. The van der Waals surface area contributed by atoms with Crippen molar-refractivity contribution in [3.05, 3.63) is 58.3 Å². The highest BCUT2D eigenvalue weighted by atomic mass is 35.5. The number of imidazole rings is 1. The summed E-state index contributed by atoms with van der Waals surface area (Å²) < 4.78 is 19.7. The summed E-state index contributed by atoms with van der Waals surface area (Å²) in [4.78, 5) is 24.9. The molecule has 0 aliphatic heterocycles. The number of carbonyl (C=O) groups is 1. The van der Waals surface area contributed by atoms with Gasteiger partial charge in [0.2, 0.25) is 5.88 Å². The number of hydrogen-bond acceptors (Lipinski definition) is 7. The third kappa shape index (κ3) is 5.89. The summed E-state index contributed by atoms with van der Waals surface area (Å²) in [6.45, 7) is 4.39. The lowest BCUT2D eigenvalue weighted by Crippen LogP contribution is -2.13. The van der Waals surface area contributed by atoms with Gasteiger partial charge >= 0.3 is 5.97 Å². The van der Waals surface area contributed by atoms with Crippen LogP contribution in [0.5, 0.6) is 17.4 Å². The Morgan fingerprint density at radius 2 is 1.97 bits per heavy atom. The van der Waals surface area contributed by atoms with Crippen LogP contribution in [0.25, 0.3) is 22.6 Å². The SMILES string of the molecule is COc1ccc(Cl)cc1Cn1c(-c2cccc(OC[C@@H](C)CC(=O)O)c2Cl)nc2c(OC3(C)CC3)ncnc21. The van der Waals surface area contributed by atoms with Crippen LogP contribution in [-0.2, 0) is 11.3 Å². The van der Waals surface area contributed by atoms with Gasteiger partial charge in [-0.15, -0.1) is 0 Å². The molecule has 1 saturated carbocycles. The van der Waals surface area contributed by atoms with Gasteiger partial charge in [-0.2, -0.15) is 4.98 Å². The lowest BCUT2D eigenvalue weighted by Gasteiger charge is -2.16. The van der Waals surface area contributed by atoms with Crippen LogP contribution in [0.15, 0.2) is 42.7 Å². The van der Waals surface area contributed by atoms with E-state index in [1.807, 2.05) is 42.7 Å². The van der Waals surface area contributed by atoms with Crippen molar-refractivity contribution in [1.29, 1.82) is 0 Å². The molecule has 1 atom stereocenters. The summed E-state index contributed by atoms with van der Waals surface area (Å²) in [7, 11) is 1.60. The number of fused-ring (bicyclic) bond motifs is 1. The number of ether oxygens (including phenoxy) is 3. The summed E-state index contributed by atoms with van der Waals surface area (Å²) in [6.07, 6.45) is 3.34. The van der Waals surface area contributed by atoms with Crippen molar-refractivity contribution in [2.75, 3.05) is 13.7 Å². The molecule has 1 fully saturated rings. The van der Waals surface area contributed by atoms with Crippen molar-refractivity contribution in [1.82, 2.24) is 19.5 Å². The highest BCUT2D eigenvalue weighted by molar-refractivity contribution is 6.34. The van der Waals surface area contributed by atoms with E-state index in [9.17, 15) is 4.79 Å². The Morgan fingerprint density at radius 3 is 2.69 bits per heavy atom. The number of carboxylic acids is 1. The Hall–Kier alpha value is -3.56. The van der Waals surface area contributed by atoms with Crippen LogP contribution in [0.4, 0.5) is 0 Å². The largest absolute Gasteiger partial charge is 0.496 e. The van der Waals surface area contributed by atoms with Crippen LogP contribution >= 0.6 is 23.2 Å². The molecule has 11 heteroatoms. The summed E-state index contributed by atoms with van der Waals surface area (Å²) in [5.41, 5.74) is 2.26. The summed E-state index contributed by atoms with van der Waals surface area (Å²) in [5, 5.41) is 9.99. The van der Waals surface area contributed by atoms with Gasteiger partial charge in [0.05, 0.1) is 31.7 Å². The number of rotatable bonds is 11. The monoisotopic (exact) mass is 570 g/mol. The zero-order chi connectivity index (χ0) is 27.7. The van der Waals surface area contributed by atoms with E-state index in [4.69, 9.17) is 47.5 Å². The molecule has 0 bridgehead atoms. The van der Waals surface area contributed by atoms with E-state index < -0.39 is 5.97 Å². The number of nitrogens with zero attached hydrogens (tertiary/aromatic N) is 4. The fraction of sp³-hybridized carbons (Fsp3) is 0.357. The highest BCUT2D eigenvalue weighted by Crippen LogP contribution is 2.42. The minimum Gasteiger partial charge on any atom is -0.496 e. The Balaban J connectivity index is 1.61. The van der Waals surface area contributed by atoms with Gasteiger partial charge in [0.25, 0.3) is 0 Å². The number of halogens is 2. The fourth-order valence-corrected chi connectivity index (χ4v) is 4.74. The molecule has 0 unspecified atom stereocenters. The first-order valence-corrected chi connectivity index (χ1v) is 13.3. The van der Waals surface area contributed by atoms with Gasteiger partial charge in [-0.05, 0) is 50.1 Å². The second-order valence-corrected chi connectivity index (χ2v) is 10.8. The lowest BCUT2D eigenvalue weighted by molar-refractivity contribution is -0.138. The van der Waals surface area contributed by atoms with E-state index in [0.29, 0.717) is 56.5 Å². The molecule has 2 aromatic carbocycles. The van der Waals surface area contributed by atoms with Gasteiger partial charge in [-0.3, -0.25) is 4.79 Å². The average Bonchev–Trinajstić information content (AvgIpc) is 3.51. The first-order chi connectivity index (χ1) is 18.7. The maximum absolute atomic E-state index is 11.1. The third-order valence-corrected chi connectivity index (χ3v) is 7.24. The summed E-state index contributed by atoms with van der Waals surface area (Å²) in [5.74, 6) is 0.963. The zero-order valence-electron chi connectivity index (χ0n) is 21.8. The van der Waals surface area contributed by atoms with Crippen molar-refractivity contribution in [3.63, 3.8) is 0 Å². The van der Waals surface area contributed by atoms with Gasteiger partial charge in [0.15, 0.2) is 11.2 Å². The van der Waals surface area contributed by atoms with E-state index in [0.717, 1.165) is 18.4 Å². The van der Waals surface area contributed by atoms with Crippen molar-refractivity contribution >= 4 is 40.3 Å². The Labute approximate surface area is 235 Å². The van der Waals surface area contributed by atoms with Gasteiger partial charge in [-0.25, -0.2) is 9.97 Å². The quantitative estimate of drug-likeness (QED) is 0.224. The van der Waals surface area contributed by atoms with E-state index in [1.165, 1.54) is 6.33 Å². The molecule has 9 nitrogen and oxygen atoms in total. The number of aliphatic carboxylic acids is 1. The van der Waals surface area contributed by atoms with Crippen molar-refractivity contribution in [2.45, 2.75) is 45.3 Å². The predicted molar refractivity (Wildman–Crippen MR) is 148 cm³/mol. The molecule has 4 aromatic rings. The molecule has 0 radical (unpaired) electrons. The van der Waals surface area contributed by atoms with Crippen molar-refractivity contribution in [2.24, 2.45) is 5.92 Å². The third-order valence-electron chi connectivity index (χ3n) is 6.62. The van der Waals surface area contributed by atoms with Crippen molar-refractivity contribution < 1.29 is 24.1 Å². The maximum atomic E-state index is 11.1. The summed E-state index contributed by atoms with van der Waals surface area (Å²) >= 11 is 13.2. The number of hydrogen-bond donors (Lipinski definition) is 1. The van der Waals surface area contributed by atoms with Crippen LogP contribution in [-0.4, -0.2) is 49.9 Å². The minimum absolute atomic E-state index is 0.00502. The van der Waals surface area contributed by atoms with Crippen LogP contribution < -0.4 is 14.2 Å². The van der Waals surface area contributed by atoms with Gasteiger partial charge < -0.3 is 23.9 Å². The minimum atomic E-state index is -0.879. The van der Waals surface area contributed by atoms with Crippen molar-refractivity contribution in [3.8, 4) is 28.8 Å².